The molecule has 0 unspecified atom stereocenters. The molecule has 0 saturated carbocycles. The van der Waals surface area contributed by atoms with Gasteiger partial charge in [0.05, 0.1) is 0 Å². The van der Waals surface area contributed by atoms with E-state index in [0.717, 1.165) is 0 Å². The highest BCUT2D eigenvalue weighted by molar-refractivity contribution is 5.94. The maximum absolute atomic E-state index is 9.68. The number of hydrazone groups is 1. The minimum Gasteiger partial charge on any atom is -0.369 e. The lowest BCUT2D eigenvalue weighted by molar-refractivity contribution is -0.485. The van der Waals surface area contributed by atoms with E-state index in [0.29, 0.717) is 5.01 Å². The molecule has 0 aliphatic heterocycles. The monoisotopic (exact) mass is 161 g/mol. The third-order valence-corrected chi connectivity index (χ3v) is 0.690. The molecule has 0 amide bonds. The summed E-state index contributed by atoms with van der Waals surface area (Å²) < 4.78 is 0. The number of guanidine groups is 2. The first-order chi connectivity index (χ1) is 4.95. The summed E-state index contributed by atoms with van der Waals surface area (Å²) in [5.41, 5.74) is 9.72. The predicted molar refractivity (Wildman–Crippen MR) is 36.6 cm³/mol. The third-order valence-electron chi connectivity index (χ3n) is 0.690. The Balaban J connectivity index is 4.35. The molecule has 0 aromatic heterocycles. The molecule has 0 saturated heterocycles. The minimum atomic E-state index is -1.04. The van der Waals surface area contributed by atoms with Gasteiger partial charge in [-0.25, -0.2) is 21.0 Å². The fourth-order valence-corrected chi connectivity index (χ4v) is 0.255. The lowest BCUT2D eigenvalue weighted by atomic mass is 10.8. The van der Waals surface area contributed by atoms with Crippen molar-refractivity contribution in [3.05, 3.63) is 10.1 Å². The Hall–Kier alpha value is -1.90. The van der Waals surface area contributed by atoms with Crippen LogP contribution < -0.4 is 17.3 Å². The van der Waals surface area contributed by atoms with Crippen molar-refractivity contribution < 1.29 is 5.03 Å². The van der Waals surface area contributed by atoms with Crippen LogP contribution >= 0.6 is 0 Å². The summed E-state index contributed by atoms with van der Waals surface area (Å²) in [5, 5.41) is 18.3. The fraction of sp³-hybridized carbons (Fsp3) is 0. The highest BCUT2D eigenvalue weighted by Crippen LogP contribution is 1.76. The number of hydrazine groups is 1. The zero-order valence-corrected chi connectivity index (χ0v) is 5.39. The van der Waals surface area contributed by atoms with Crippen LogP contribution in [0.2, 0.25) is 0 Å². The van der Waals surface area contributed by atoms with Crippen molar-refractivity contribution >= 4 is 11.9 Å². The Morgan fingerprint density at radius 3 is 2.36 bits per heavy atom. The van der Waals surface area contributed by atoms with Crippen LogP contribution in [0, 0.1) is 15.5 Å². The fourth-order valence-electron chi connectivity index (χ4n) is 0.255. The Morgan fingerprint density at radius 2 is 2.09 bits per heavy atom. The van der Waals surface area contributed by atoms with Crippen molar-refractivity contribution in [3.63, 3.8) is 0 Å². The molecule has 0 heterocycles. The zero-order valence-electron chi connectivity index (χ0n) is 5.39. The number of hydrogen-bond acceptors (Lipinski definition) is 4. The summed E-state index contributed by atoms with van der Waals surface area (Å²) in [7, 11) is 0. The lowest BCUT2D eigenvalue weighted by Crippen LogP contribution is -2.50. The third kappa shape index (κ3) is 2.95. The standard InChI is InChI=1S/C2H7N7O2/c3-1(4)8(6)2(5)7-9(10)11/h6H2,(H3,3,4)(H2,5,7). The van der Waals surface area contributed by atoms with E-state index in [4.69, 9.17) is 22.7 Å². The van der Waals surface area contributed by atoms with Crippen molar-refractivity contribution in [1.29, 1.82) is 5.41 Å². The maximum atomic E-state index is 9.68. The van der Waals surface area contributed by atoms with E-state index in [1.165, 1.54) is 0 Å². The first-order valence-electron chi connectivity index (χ1n) is 2.32. The van der Waals surface area contributed by atoms with Crippen molar-refractivity contribution in [1.82, 2.24) is 5.01 Å². The molecule has 0 aliphatic carbocycles. The first-order valence-corrected chi connectivity index (χ1v) is 2.32. The van der Waals surface area contributed by atoms with Crippen molar-refractivity contribution in [3.8, 4) is 0 Å². The second-order valence-electron chi connectivity index (χ2n) is 1.45. The SMILES string of the molecule is N=C(N)N(N)C(N)=N[N+](=O)[O-]. The molecule has 0 atom stereocenters. The summed E-state index contributed by atoms with van der Waals surface area (Å²) in [6, 6.07) is 0. The molecule has 0 spiro atoms. The molecule has 0 radical (unpaired) electrons. The van der Waals surface area contributed by atoms with Crippen molar-refractivity contribution in [2.24, 2.45) is 22.4 Å². The van der Waals surface area contributed by atoms with Crippen LogP contribution in [0.25, 0.3) is 0 Å². The van der Waals surface area contributed by atoms with Gasteiger partial charge in [0, 0.05) is 0 Å². The number of hydrogen-bond donors (Lipinski definition) is 4. The summed E-state index contributed by atoms with van der Waals surface area (Å²) in [6.07, 6.45) is 0. The van der Waals surface area contributed by atoms with E-state index in [2.05, 4.69) is 5.10 Å². The molecule has 0 aromatic carbocycles. The highest BCUT2D eigenvalue weighted by atomic mass is 16.7. The van der Waals surface area contributed by atoms with E-state index >= 15 is 0 Å². The van der Waals surface area contributed by atoms with Gasteiger partial charge in [-0.3, -0.25) is 5.41 Å². The minimum absolute atomic E-state index is 0.378. The molecule has 0 aliphatic rings. The van der Waals surface area contributed by atoms with Gasteiger partial charge >= 0.3 is 0 Å². The van der Waals surface area contributed by atoms with Gasteiger partial charge in [-0.15, -0.1) is 0 Å². The highest BCUT2D eigenvalue weighted by Gasteiger charge is 2.08. The van der Waals surface area contributed by atoms with Gasteiger partial charge in [0.1, 0.15) is 5.10 Å². The topological polar surface area (TPSA) is 161 Å². The first kappa shape index (κ1) is 9.10. The Labute approximate surface area is 61.1 Å². The van der Waals surface area contributed by atoms with E-state index in [9.17, 15) is 10.1 Å². The largest absolute Gasteiger partial charge is 0.369 e. The van der Waals surface area contributed by atoms with E-state index < -0.39 is 17.0 Å². The van der Waals surface area contributed by atoms with Crippen LogP contribution in [0.3, 0.4) is 0 Å². The molecular weight excluding hydrogens is 154 g/mol. The maximum Gasteiger partial charge on any atom is 0.290 e. The van der Waals surface area contributed by atoms with Crippen LogP contribution in [-0.2, 0) is 0 Å². The van der Waals surface area contributed by atoms with Gasteiger partial charge in [0.25, 0.3) is 5.96 Å². The number of nitrogens with one attached hydrogen (secondary N) is 1. The summed E-state index contributed by atoms with van der Waals surface area (Å²) in [5.74, 6) is 3.65. The van der Waals surface area contributed by atoms with Crippen LogP contribution in [0.5, 0.6) is 0 Å². The van der Waals surface area contributed by atoms with E-state index in [1.807, 2.05) is 0 Å². The Morgan fingerprint density at radius 1 is 1.64 bits per heavy atom. The van der Waals surface area contributed by atoms with Crippen molar-refractivity contribution in [2.75, 3.05) is 0 Å². The molecule has 7 N–H and O–H groups in total. The molecular formula is C2H7N7O2. The van der Waals surface area contributed by atoms with E-state index in [-0.39, 0.29) is 0 Å². The van der Waals surface area contributed by atoms with Gasteiger partial charge in [-0.2, -0.15) is 0 Å². The number of nitro groups is 1. The average molecular weight is 161 g/mol. The molecule has 0 fully saturated rings. The molecule has 0 rings (SSSR count). The molecule has 0 aromatic rings. The van der Waals surface area contributed by atoms with Gasteiger partial charge in [-0.05, 0) is 0 Å². The molecule has 11 heavy (non-hydrogen) atoms. The average Bonchev–Trinajstić information content (AvgIpc) is 1.84. The van der Waals surface area contributed by atoms with Crippen LogP contribution in [-0.4, -0.2) is 22.0 Å². The molecule has 9 nitrogen and oxygen atoms in total. The summed E-state index contributed by atoms with van der Waals surface area (Å²) in [4.78, 5) is 9.68. The quantitative estimate of drug-likeness (QED) is 0.110. The number of nitrogens with two attached hydrogens (primary N) is 3. The molecule has 62 valence electrons. The Kier molecular flexibility index (Phi) is 2.74. The van der Waals surface area contributed by atoms with Crippen LogP contribution in [0.15, 0.2) is 5.10 Å². The van der Waals surface area contributed by atoms with Gasteiger partial charge in [0.15, 0.2) is 5.03 Å². The number of rotatable bonds is 1. The zero-order chi connectivity index (χ0) is 9.02. The lowest BCUT2D eigenvalue weighted by Gasteiger charge is -2.10. The summed E-state index contributed by atoms with van der Waals surface area (Å²) in [6.45, 7) is 0. The second kappa shape index (κ2) is 3.31. The summed E-state index contributed by atoms with van der Waals surface area (Å²) >= 11 is 0. The predicted octanol–water partition coefficient (Wildman–Crippen LogP) is -2.44. The van der Waals surface area contributed by atoms with Crippen LogP contribution in [0.1, 0.15) is 0 Å². The van der Waals surface area contributed by atoms with Gasteiger partial charge < -0.3 is 11.5 Å². The molecule has 0 bridgehead atoms. The van der Waals surface area contributed by atoms with Gasteiger partial charge in [-0.1, -0.05) is 0 Å². The normalized spacial score (nSPS) is 10.8. The van der Waals surface area contributed by atoms with Crippen LogP contribution in [0.4, 0.5) is 0 Å². The van der Waals surface area contributed by atoms with E-state index in [1.54, 1.807) is 0 Å². The van der Waals surface area contributed by atoms with Gasteiger partial charge in [0.2, 0.25) is 5.96 Å². The smallest absolute Gasteiger partial charge is 0.290 e. The second-order valence-corrected chi connectivity index (χ2v) is 1.45. The molecule has 9 heteroatoms. The Bertz CT molecular complexity index is 208. The van der Waals surface area contributed by atoms with Crippen molar-refractivity contribution in [2.45, 2.75) is 0 Å². The number of nitrogens with zero attached hydrogens (tertiary/aromatic N) is 3.